The fourth-order valence-corrected chi connectivity index (χ4v) is 1.51. The first kappa shape index (κ1) is 31.9. The fraction of sp³-hybridized carbons (Fsp3) is 0.833. The zero-order chi connectivity index (χ0) is 28.0. The molecule has 0 radical (unpaired) electrons. The molecule has 0 fully saturated rings. The van der Waals surface area contributed by atoms with Crippen LogP contribution in [0.25, 0.3) is 0 Å². The van der Waals surface area contributed by atoms with Crippen LogP contribution in [0.2, 0.25) is 0 Å². The molecule has 0 heterocycles. The molecule has 0 saturated carbocycles. The highest BCUT2D eigenvalue weighted by molar-refractivity contribution is 5.79. The van der Waals surface area contributed by atoms with Crippen LogP contribution in [0.15, 0.2) is 0 Å². The largest absolute Gasteiger partial charge is 0.461 e. The van der Waals surface area contributed by atoms with E-state index < -0.39 is 66.7 Å². The Morgan fingerprint density at radius 3 is 1.35 bits per heavy atom. The summed E-state index contributed by atoms with van der Waals surface area (Å²) in [5.74, 6) is -33.8. The van der Waals surface area contributed by atoms with E-state index in [-0.39, 0.29) is 0 Å². The second-order valence-electron chi connectivity index (χ2n) is 5.57. The Labute approximate surface area is 173 Å². The summed E-state index contributed by atoms with van der Waals surface area (Å²) in [7, 11) is 0. The molecule has 0 N–H and O–H groups in total. The third-order valence-corrected chi connectivity index (χ3v) is 3.19. The Hall–Kier alpha value is -2.13. The minimum Gasteiger partial charge on any atom is -0.461 e. The molecule has 0 aliphatic carbocycles. The van der Waals surface area contributed by atoms with E-state index in [0.29, 0.717) is 6.92 Å². The van der Waals surface area contributed by atoms with Crippen LogP contribution in [0.3, 0.4) is 0 Å². The predicted molar refractivity (Wildman–Crippen MR) is 64.5 cm³/mol. The number of hydrogen-bond donors (Lipinski definition) is 0. The van der Waals surface area contributed by atoms with Gasteiger partial charge in [0.15, 0.2) is 0 Å². The van der Waals surface area contributed by atoms with E-state index in [1.165, 1.54) is 9.47 Å². The summed E-state index contributed by atoms with van der Waals surface area (Å²) < 4.78 is 227. The van der Waals surface area contributed by atoms with Crippen molar-refractivity contribution in [2.45, 2.75) is 55.0 Å². The predicted octanol–water partition coefficient (Wildman–Crippen LogP) is 4.99. The summed E-state index contributed by atoms with van der Waals surface area (Å²) in [4.78, 5) is 20.7. The van der Waals surface area contributed by atoms with E-state index in [0.717, 1.165) is 0 Å². The summed E-state index contributed by atoms with van der Waals surface area (Å²) in [5.41, 5.74) is 0. The monoisotopic (exact) mass is 552 g/mol. The van der Waals surface area contributed by atoms with Crippen molar-refractivity contribution in [1.29, 1.82) is 0 Å². The van der Waals surface area contributed by atoms with Crippen LogP contribution in [0.5, 0.6) is 0 Å². The third-order valence-electron chi connectivity index (χ3n) is 3.19. The van der Waals surface area contributed by atoms with Gasteiger partial charge in [-0.25, -0.2) is 4.79 Å². The smallest absolute Gasteiger partial charge is 0.459 e. The van der Waals surface area contributed by atoms with E-state index in [9.17, 15) is 84.2 Å². The zero-order valence-electron chi connectivity index (χ0n) is 15.2. The molecular weight excluding hydrogens is 547 g/mol. The standard InChI is InChI=1S/C12H5F17O5/c1-2-32-4(31)5(14,15)7(17,18)11(26,27)34-8(19,10(23,24)25)12(28,29)33-6(16,3(13)30)9(20,21)22/h2H2,1H3. The lowest BCUT2D eigenvalue weighted by atomic mass is 10.1. The zero-order valence-corrected chi connectivity index (χ0v) is 15.2. The van der Waals surface area contributed by atoms with Crippen LogP contribution in [0.4, 0.5) is 74.6 Å². The van der Waals surface area contributed by atoms with Gasteiger partial charge in [-0.05, 0) is 6.92 Å². The molecular formula is C12H5F17O5. The lowest BCUT2D eigenvalue weighted by Gasteiger charge is -2.40. The third kappa shape index (κ3) is 5.10. The molecule has 202 valence electrons. The Morgan fingerprint density at radius 2 is 1.06 bits per heavy atom. The molecule has 0 aromatic heterocycles. The number of carbonyl (C=O) groups excluding carboxylic acids is 2. The van der Waals surface area contributed by atoms with E-state index in [1.807, 2.05) is 0 Å². The van der Waals surface area contributed by atoms with Gasteiger partial charge in [0.2, 0.25) is 0 Å². The first-order valence-corrected chi connectivity index (χ1v) is 7.39. The minimum absolute atomic E-state index is 0.588. The maximum absolute atomic E-state index is 13.9. The average molecular weight is 552 g/mol. The van der Waals surface area contributed by atoms with Gasteiger partial charge in [0, 0.05) is 0 Å². The van der Waals surface area contributed by atoms with Crippen LogP contribution in [0.1, 0.15) is 6.92 Å². The SMILES string of the molecule is CCOC(=O)C(F)(F)C(F)(F)C(F)(F)OC(F)(C(F)(F)F)C(F)(F)OC(F)(C(=O)F)C(F)(F)F. The molecule has 0 bridgehead atoms. The molecule has 0 aliphatic heterocycles. The first-order chi connectivity index (χ1) is 14.6. The van der Waals surface area contributed by atoms with Gasteiger partial charge in [-0.1, -0.05) is 0 Å². The van der Waals surface area contributed by atoms with Crippen molar-refractivity contribution in [2.24, 2.45) is 0 Å². The van der Waals surface area contributed by atoms with Crippen LogP contribution < -0.4 is 0 Å². The van der Waals surface area contributed by atoms with Gasteiger partial charge in [0.25, 0.3) is 0 Å². The fourth-order valence-electron chi connectivity index (χ4n) is 1.51. The number of hydrogen-bond acceptors (Lipinski definition) is 5. The van der Waals surface area contributed by atoms with Crippen LogP contribution >= 0.6 is 0 Å². The van der Waals surface area contributed by atoms with Crippen molar-refractivity contribution < 1.29 is 98.4 Å². The maximum Gasteiger partial charge on any atom is 0.459 e. The van der Waals surface area contributed by atoms with Gasteiger partial charge in [0.05, 0.1) is 6.61 Å². The van der Waals surface area contributed by atoms with Crippen molar-refractivity contribution in [2.75, 3.05) is 6.61 Å². The molecule has 0 saturated heterocycles. The molecule has 2 atom stereocenters. The van der Waals surface area contributed by atoms with Crippen LogP contribution in [-0.2, 0) is 23.8 Å². The molecule has 0 aromatic rings. The lowest BCUT2D eigenvalue weighted by Crippen LogP contribution is -2.69. The van der Waals surface area contributed by atoms with Crippen molar-refractivity contribution in [3.63, 3.8) is 0 Å². The summed E-state index contributed by atoms with van der Waals surface area (Å²) in [6, 6.07) is -4.78. The van der Waals surface area contributed by atoms with Crippen molar-refractivity contribution in [3.05, 3.63) is 0 Å². The Kier molecular flexibility index (Phi) is 8.27. The number of halogens is 17. The first-order valence-electron chi connectivity index (χ1n) is 7.39. The molecule has 0 aliphatic rings. The second-order valence-corrected chi connectivity index (χ2v) is 5.57. The highest BCUT2D eigenvalue weighted by Gasteiger charge is 2.86. The molecule has 5 nitrogen and oxygen atoms in total. The number of rotatable bonds is 10. The molecule has 0 aromatic carbocycles. The van der Waals surface area contributed by atoms with E-state index in [1.54, 1.807) is 0 Å². The van der Waals surface area contributed by atoms with Gasteiger partial charge in [-0.2, -0.15) is 74.6 Å². The summed E-state index contributed by atoms with van der Waals surface area (Å²) >= 11 is 0. The highest BCUT2D eigenvalue weighted by atomic mass is 19.4. The highest BCUT2D eigenvalue weighted by Crippen LogP contribution is 2.56. The van der Waals surface area contributed by atoms with Gasteiger partial charge >= 0.3 is 60.1 Å². The van der Waals surface area contributed by atoms with Crippen molar-refractivity contribution in [3.8, 4) is 0 Å². The van der Waals surface area contributed by atoms with Gasteiger partial charge in [-0.15, -0.1) is 0 Å². The van der Waals surface area contributed by atoms with E-state index in [2.05, 4.69) is 4.74 Å². The molecule has 2 unspecified atom stereocenters. The molecule has 34 heavy (non-hydrogen) atoms. The average Bonchev–Trinajstić information content (AvgIpc) is 2.58. The van der Waals surface area contributed by atoms with E-state index in [4.69, 9.17) is 0 Å². The Balaban J connectivity index is 6.76. The number of ether oxygens (including phenoxy) is 3. The second kappa shape index (κ2) is 8.82. The Bertz CT molecular complexity index is 774. The van der Waals surface area contributed by atoms with Crippen molar-refractivity contribution >= 4 is 12.0 Å². The molecule has 22 heteroatoms. The summed E-state index contributed by atoms with van der Waals surface area (Å²) in [6.45, 7) is -0.698. The van der Waals surface area contributed by atoms with Crippen LogP contribution in [-0.4, -0.2) is 66.7 Å². The molecule has 0 amide bonds. The normalized spacial score (nSPS) is 18.2. The summed E-state index contributed by atoms with van der Waals surface area (Å²) in [6.07, 6.45) is -31.4. The lowest BCUT2D eigenvalue weighted by molar-refractivity contribution is -0.543. The topological polar surface area (TPSA) is 61.8 Å². The van der Waals surface area contributed by atoms with Gasteiger partial charge in [-0.3, -0.25) is 14.3 Å². The van der Waals surface area contributed by atoms with Crippen LogP contribution in [0, 0.1) is 0 Å². The Morgan fingerprint density at radius 1 is 0.647 bits per heavy atom. The van der Waals surface area contributed by atoms with Crippen molar-refractivity contribution in [1.82, 2.24) is 0 Å². The molecule has 0 spiro atoms. The van der Waals surface area contributed by atoms with Gasteiger partial charge in [0.1, 0.15) is 0 Å². The maximum atomic E-state index is 13.9. The minimum atomic E-state index is -8.14. The number of esters is 1. The van der Waals surface area contributed by atoms with E-state index >= 15 is 0 Å². The molecule has 0 rings (SSSR count). The quantitative estimate of drug-likeness (QED) is 0.217. The number of alkyl halides is 16. The van der Waals surface area contributed by atoms with Gasteiger partial charge < -0.3 is 4.74 Å². The summed E-state index contributed by atoms with van der Waals surface area (Å²) in [5, 5.41) is 0. The number of carbonyl (C=O) groups is 2.